The minimum absolute atomic E-state index is 0.403. The summed E-state index contributed by atoms with van der Waals surface area (Å²) in [6.45, 7) is 0. The highest BCUT2D eigenvalue weighted by atomic mass is 16.4. The molecule has 1 aromatic carbocycles. The Bertz CT molecular complexity index is 471. The second-order valence-corrected chi connectivity index (χ2v) is 4.25. The Morgan fingerprint density at radius 1 is 1.29 bits per heavy atom. The lowest BCUT2D eigenvalue weighted by molar-refractivity contribution is -0.143. The number of fused-ring (bicyclic) bond motifs is 1. The summed E-state index contributed by atoms with van der Waals surface area (Å²) in [4.78, 5) is 22.1. The topological polar surface area (TPSA) is 101 Å². The Hall–Kier alpha value is -1.88. The first-order valence-electron chi connectivity index (χ1n) is 5.31. The summed E-state index contributed by atoms with van der Waals surface area (Å²) < 4.78 is 0. The molecule has 0 fully saturated rings. The Morgan fingerprint density at radius 2 is 1.94 bits per heavy atom. The van der Waals surface area contributed by atoms with Gasteiger partial charge in [0, 0.05) is 5.92 Å². The third-order valence-corrected chi connectivity index (χ3v) is 3.29. The predicted octanol–water partition coefficient (Wildman–Crippen LogP) is 0.439. The number of benzene rings is 1. The number of nitrogens with two attached hydrogens (primary N) is 1. The fraction of sp³-hybridized carbons (Fsp3) is 0.333. The summed E-state index contributed by atoms with van der Waals surface area (Å²) in [5, 5.41) is 18.1. The van der Waals surface area contributed by atoms with Crippen LogP contribution in [-0.2, 0) is 16.0 Å². The first-order valence-corrected chi connectivity index (χ1v) is 5.31. The first kappa shape index (κ1) is 11.6. The molecule has 5 nitrogen and oxygen atoms in total. The highest BCUT2D eigenvalue weighted by molar-refractivity contribution is 5.82. The Labute approximate surface area is 97.9 Å². The molecule has 0 radical (unpaired) electrons. The number of aliphatic carboxylic acids is 2. The molecular formula is C12H13NO4. The molecule has 0 bridgehead atoms. The van der Waals surface area contributed by atoms with Gasteiger partial charge in [-0.1, -0.05) is 24.3 Å². The highest BCUT2D eigenvalue weighted by Gasteiger charge is 2.42. The van der Waals surface area contributed by atoms with Gasteiger partial charge in [-0.25, -0.2) is 0 Å². The van der Waals surface area contributed by atoms with Crippen LogP contribution >= 0.6 is 0 Å². The van der Waals surface area contributed by atoms with Crippen molar-refractivity contribution in [3.05, 3.63) is 35.4 Å². The van der Waals surface area contributed by atoms with Crippen molar-refractivity contribution in [1.82, 2.24) is 0 Å². The molecule has 0 aromatic heterocycles. The van der Waals surface area contributed by atoms with E-state index in [1.807, 2.05) is 12.1 Å². The normalized spacial score (nSPS) is 24.1. The monoisotopic (exact) mass is 235 g/mol. The highest BCUT2D eigenvalue weighted by Crippen LogP contribution is 2.39. The van der Waals surface area contributed by atoms with Gasteiger partial charge < -0.3 is 15.9 Å². The zero-order chi connectivity index (χ0) is 12.6. The molecule has 0 spiro atoms. The third kappa shape index (κ3) is 1.89. The maximum Gasteiger partial charge on any atom is 0.320 e. The number of carboxylic acid groups (broad SMARTS) is 2. The van der Waals surface area contributed by atoms with Gasteiger partial charge in [0.1, 0.15) is 6.04 Å². The molecule has 0 aliphatic heterocycles. The van der Waals surface area contributed by atoms with Crippen LogP contribution in [0, 0.1) is 5.92 Å². The lowest BCUT2D eigenvalue weighted by atomic mass is 9.87. The van der Waals surface area contributed by atoms with Crippen LogP contribution in [0.4, 0.5) is 0 Å². The quantitative estimate of drug-likeness (QED) is 0.705. The van der Waals surface area contributed by atoms with E-state index in [4.69, 9.17) is 10.8 Å². The largest absolute Gasteiger partial charge is 0.481 e. The maximum absolute atomic E-state index is 11.3. The number of carboxylic acids is 2. The second-order valence-electron chi connectivity index (χ2n) is 4.25. The number of rotatable bonds is 3. The van der Waals surface area contributed by atoms with Crippen LogP contribution < -0.4 is 5.73 Å². The van der Waals surface area contributed by atoms with Crippen molar-refractivity contribution in [1.29, 1.82) is 0 Å². The van der Waals surface area contributed by atoms with Gasteiger partial charge in [0.25, 0.3) is 0 Å². The van der Waals surface area contributed by atoms with E-state index in [9.17, 15) is 14.7 Å². The zero-order valence-corrected chi connectivity index (χ0v) is 9.04. The number of carbonyl (C=O) groups is 2. The average Bonchev–Trinajstić information content (AvgIpc) is 2.66. The van der Waals surface area contributed by atoms with Crippen LogP contribution in [0.25, 0.3) is 0 Å². The molecule has 1 aliphatic carbocycles. The van der Waals surface area contributed by atoms with E-state index >= 15 is 0 Å². The minimum atomic E-state index is -1.16. The van der Waals surface area contributed by atoms with Crippen molar-refractivity contribution in [2.75, 3.05) is 0 Å². The summed E-state index contributed by atoms with van der Waals surface area (Å²) in [6, 6.07) is 5.96. The van der Waals surface area contributed by atoms with E-state index < -0.39 is 29.8 Å². The summed E-state index contributed by atoms with van der Waals surface area (Å²) in [5.41, 5.74) is 7.13. The molecule has 0 saturated carbocycles. The predicted molar refractivity (Wildman–Crippen MR) is 59.6 cm³/mol. The van der Waals surface area contributed by atoms with Crippen LogP contribution in [0.15, 0.2) is 24.3 Å². The van der Waals surface area contributed by atoms with Gasteiger partial charge in [0.15, 0.2) is 0 Å². The molecule has 0 heterocycles. The molecule has 3 atom stereocenters. The smallest absolute Gasteiger partial charge is 0.320 e. The second kappa shape index (κ2) is 4.18. The van der Waals surface area contributed by atoms with Crippen molar-refractivity contribution in [2.45, 2.75) is 18.4 Å². The van der Waals surface area contributed by atoms with Gasteiger partial charge >= 0.3 is 11.9 Å². The van der Waals surface area contributed by atoms with Crippen molar-refractivity contribution in [3.63, 3.8) is 0 Å². The number of hydrogen-bond acceptors (Lipinski definition) is 3. The molecule has 90 valence electrons. The van der Waals surface area contributed by atoms with E-state index in [1.165, 1.54) is 0 Å². The average molecular weight is 235 g/mol. The van der Waals surface area contributed by atoms with Crippen LogP contribution in [0.5, 0.6) is 0 Å². The van der Waals surface area contributed by atoms with E-state index in [1.54, 1.807) is 12.1 Å². The van der Waals surface area contributed by atoms with Crippen LogP contribution in [0.2, 0.25) is 0 Å². The fourth-order valence-corrected chi connectivity index (χ4v) is 2.46. The van der Waals surface area contributed by atoms with E-state index in [0.29, 0.717) is 12.0 Å². The Kier molecular flexibility index (Phi) is 2.85. The van der Waals surface area contributed by atoms with E-state index in [0.717, 1.165) is 5.56 Å². The summed E-state index contributed by atoms with van der Waals surface area (Å²) in [7, 11) is 0. The molecular weight excluding hydrogens is 222 g/mol. The summed E-state index contributed by atoms with van der Waals surface area (Å²) in [6.07, 6.45) is 0.403. The Morgan fingerprint density at radius 3 is 2.53 bits per heavy atom. The lowest BCUT2D eigenvalue weighted by Gasteiger charge is -2.20. The van der Waals surface area contributed by atoms with Crippen molar-refractivity contribution in [2.24, 2.45) is 11.7 Å². The molecule has 0 amide bonds. The van der Waals surface area contributed by atoms with Gasteiger partial charge in [-0.2, -0.15) is 0 Å². The molecule has 4 N–H and O–H groups in total. The Balaban J connectivity index is 2.40. The SMILES string of the molecule is NC(C(=O)O)C1Cc2ccccc2C1C(=O)O. The van der Waals surface area contributed by atoms with Gasteiger partial charge in [0.05, 0.1) is 5.92 Å². The molecule has 2 rings (SSSR count). The fourth-order valence-electron chi connectivity index (χ4n) is 2.46. The molecule has 3 unspecified atom stereocenters. The van der Waals surface area contributed by atoms with E-state index in [-0.39, 0.29) is 0 Å². The molecule has 1 aromatic rings. The lowest BCUT2D eigenvalue weighted by Crippen LogP contribution is -2.41. The van der Waals surface area contributed by atoms with Gasteiger partial charge in [0.2, 0.25) is 0 Å². The van der Waals surface area contributed by atoms with Gasteiger partial charge in [-0.3, -0.25) is 9.59 Å². The molecule has 1 aliphatic rings. The minimum Gasteiger partial charge on any atom is -0.481 e. The van der Waals surface area contributed by atoms with Gasteiger partial charge in [-0.15, -0.1) is 0 Å². The zero-order valence-electron chi connectivity index (χ0n) is 9.04. The maximum atomic E-state index is 11.3. The standard InChI is InChI=1S/C12H13NO4/c13-10(12(16)17)8-5-6-3-1-2-4-7(6)9(8)11(14)15/h1-4,8-10H,5,13H2,(H,14,15)(H,16,17). The molecule has 0 saturated heterocycles. The van der Waals surface area contributed by atoms with Crippen molar-refractivity contribution in [3.8, 4) is 0 Å². The summed E-state index contributed by atoms with van der Waals surface area (Å²) >= 11 is 0. The van der Waals surface area contributed by atoms with E-state index in [2.05, 4.69) is 0 Å². The first-order chi connectivity index (χ1) is 8.02. The number of hydrogen-bond donors (Lipinski definition) is 3. The molecule has 5 heteroatoms. The van der Waals surface area contributed by atoms with Crippen molar-refractivity contribution < 1.29 is 19.8 Å². The third-order valence-electron chi connectivity index (χ3n) is 3.29. The van der Waals surface area contributed by atoms with Crippen LogP contribution in [0.1, 0.15) is 17.0 Å². The van der Waals surface area contributed by atoms with Crippen LogP contribution in [0.3, 0.4) is 0 Å². The molecule has 17 heavy (non-hydrogen) atoms. The van der Waals surface area contributed by atoms with Crippen molar-refractivity contribution >= 4 is 11.9 Å². The summed E-state index contributed by atoms with van der Waals surface area (Å²) in [5.74, 6) is -3.58. The van der Waals surface area contributed by atoms with Crippen LogP contribution in [-0.4, -0.2) is 28.2 Å². The van der Waals surface area contributed by atoms with Gasteiger partial charge in [-0.05, 0) is 17.5 Å².